The first-order valence-electron chi connectivity index (χ1n) is 7.44. The molecule has 0 bridgehead atoms. The van der Waals surface area contributed by atoms with Crippen molar-refractivity contribution in [3.63, 3.8) is 0 Å². The summed E-state index contributed by atoms with van der Waals surface area (Å²) in [4.78, 5) is 36.4. The molecule has 0 saturated carbocycles. The molecule has 0 unspecified atom stereocenters. The highest BCUT2D eigenvalue weighted by Gasteiger charge is 2.40. The van der Waals surface area contributed by atoms with Crippen LogP contribution in [0.2, 0.25) is 0 Å². The molecule has 0 radical (unpaired) electrons. The van der Waals surface area contributed by atoms with Crippen LogP contribution in [0.5, 0.6) is 0 Å². The quantitative estimate of drug-likeness (QED) is 0.826. The normalized spacial score (nSPS) is 14.2. The number of carbonyl (C=O) groups is 3. The first-order chi connectivity index (χ1) is 12.3. The number of rotatable bonds is 3. The first-order valence-corrected chi connectivity index (χ1v) is 7.44. The van der Waals surface area contributed by atoms with Gasteiger partial charge < -0.3 is 10.4 Å². The SMILES string of the molecule is CC(=O)Nc1ccc(C2=C(O)C(=O)N(c3ccc(F)c(F)c3)C2=O)cc1. The average molecular weight is 358 g/mol. The van der Waals surface area contributed by atoms with Gasteiger partial charge in [0.15, 0.2) is 17.4 Å². The van der Waals surface area contributed by atoms with Crippen molar-refractivity contribution in [2.75, 3.05) is 10.2 Å². The predicted molar refractivity (Wildman–Crippen MR) is 89.1 cm³/mol. The van der Waals surface area contributed by atoms with Crippen LogP contribution in [0.1, 0.15) is 12.5 Å². The van der Waals surface area contributed by atoms with Gasteiger partial charge in [0.1, 0.15) is 0 Å². The van der Waals surface area contributed by atoms with E-state index in [1.807, 2.05) is 0 Å². The molecule has 2 aromatic carbocycles. The Kier molecular flexibility index (Phi) is 4.25. The van der Waals surface area contributed by atoms with E-state index < -0.39 is 29.2 Å². The second kappa shape index (κ2) is 6.40. The van der Waals surface area contributed by atoms with Gasteiger partial charge >= 0.3 is 5.91 Å². The van der Waals surface area contributed by atoms with Crippen LogP contribution in [0.3, 0.4) is 0 Å². The molecule has 6 nitrogen and oxygen atoms in total. The number of aliphatic hydroxyl groups excluding tert-OH is 1. The van der Waals surface area contributed by atoms with Gasteiger partial charge in [-0.15, -0.1) is 0 Å². The zero-order valence-corrected chi connectivity index (χ0v) is 13.4. The Hall–Kier alpha value is -3.55. The molecule has 3 amide bonds. The summed E-state index contributed by atoms with van der Waals surface area (Å²) < 4.78 is 26.5. The van der Waals surface area contributed by atoms with Gasteiger partial charge in [0, 0.05) is 18.7 Å². The Morgan fingerprint density at radius 1 is 1.00 bits per heavy atom. The van der Waals surface area contributed by atoms with Crippen molar-refractivity contribution in [1.29, 1.82) is 0 Å². The number of benzene rings is 2. The molecule has 0 aromatic heterocycles. The summed E-state index contributed by atoms with van der Waals surface area (Å²) in [5, 5.41) is 12.6. The fourth-order valence-corrected chi connectivity index (χ4v) is 2.56. The third kappa shape index (κ3) is 2.92. The first kappa shape index (κ1) is 17.3. The summed E-state index contributed by atoms with van der Waals surface area (Å²) in [6, 6.07) is 8.41. The minimum atomic E-state index is -1.23. The van der Waals surface area contributed by atoms with Crippen LogP contribution in [0.15, 0.2) is 48.2 Å². The number of carbonyl (C=O) groups excluding carboxylic acids is 3. The second-order valence-corrected chi connectivity index (χ2v) is 5.53. The van der Waals surface area contributed by atoms with Crippen LogP contribution >= 0.6 is 0 Å². The summed E-state index contributed by atoms with van der Waals surface area (Å²) in [6.07, 6.45) is 0. The van der Waals surface area contributed by atoms with Crippen molar-refractivity contribution < 1.29 is 28.3 Å². The standard InChI is InChI=1S/C18H12F2N2O4/c1-9(23)21-11-4-2-10(3-5-11)15-16(24)18(26)22(17(15)25)12-6-7-13(19)14(20)8-12/h2-8,24H,1H3,(H,21,23). The van der Waals surface area contributed by atoms with Gasteiger partial charge in [-0.1, -0.05) is 12.1 Å². The van der Waals surface area contributed by atoms with E-state index in [-0.39, 0.29) is 22.7 Å². The number of hydrogen-bond acceptors (Lipinski definition) is 4. The van der Waals surface area contributed by atoms with Gasteiger partial charge in [-0.3, -0.25) is 14.4 Å². The Morgan fingerprint density at radius 3 is 2.23 bits per heavy atom. The molecule has 8 heteroatoms. The van der Waals surface area contributed by atoms with E-state index in [1.165, 1.54) is 31.2 Å². The molecule has 0 spiro atoms. The van der Waals surface area contributed by atoms with E-state index in [9.17, 15) is 28.3 Å². The van der Waals surface area contributed by atoms with E-state index in [4.69, 9.17) is 0 Å². The molecule has 2 N–H and O–H groups in total. The second-order valence-electron chi connectivity index (χ2n) is 5.53. The lowest BCUT2D eigenvalue weighted by Crippen LogP contribution is -2.31. The lowest BCUT2D eigenvalue weighted by atomic mass is 10.1. The van der Waals surface area contributed by atoms with Crippen LogP contribution in [0, 0.1) is 11.6 Å². The van der Waals surface area contributed by atoms with Gasteiger partial charge in [-0.2, -0.15) is 0 Å². The molecular formula is C18H12F2N2O4. The number of imide groups is 1. The van der Waals surface area contributed by atoms with E-state index in [2.05, 4.69) is 5.32 Å². The topological polar surface area (TPSA) is 86.7 Å². The van der Waals surface area contributed by atoms with Gasteiger partial charge in [-0.25, -0.2) is 13.7 Å². The molecule has 1 heterocycles. The van der Waals surface area contributed by atoms with Crippen molar-refractivity contribution in [3.8, 4) is 0 Å². The Labute approximate surface area is 146 Å². The molecule has 3 rings (SSSR count). The number of nitrogens with one attached hydrogen (secondary N) is 1. The highest BCUT2D eigenvalue weighted by molar-refractivity contribution is 6.44. The van der Waals surface area contributed by atoms with Gasteiger partial charge in [0.25, 0.3) is 5.91 Å². The third-order valence-corrected chi connectivity index (χ3v) is 3.71. The number of nitrogens with zero attached hydrogens (tertiary/aromatic N) is 1. The van der Waals surface area contributed by atoms with Gasteiger partial charge in [0.2, 0.25) is 5.91 Å². The minimum Gasteiger partial charge on any atom is -0.502 e. The maximum absolute atomic E-state index is 13.4. The highest BCUT2D eigenvalue weighted by atomic mass is 19.2. The van der Waals surface area contributed by atoms with Crippen molar-refractivity contribution in [3.05, 3.63) is 65.4 Å². The van der Waals surface area contributed by atoms with Crippen LogP contribution < -0.4 is 10.2 Å². The van der Waals surface area contributed by atoms with E-state index >= 15 is 0 Å². The molecule has 0 saturated heterocycles. The zero-order chi connectivity index (χ0) is 19.0. The number of hydrogen-bond donors (Lipinski definition) is 2. The average Bonchev–Trinajstić information content (AvgIpc) is 2.80. The number of aliphatic hydroxyl groups is 1. The summed E-state index contributed by atoms with van der Waals surface area (Å²) in [5.41, 5.74) is 0.236. The van der Waals surface area contributed by atoms with E-state index in [0.29, 0.717) is 16.7 Å². The Balaban J connectivity index is 1.96. The smallest absolute Gasteiger partial charge is 0.301 e. The summed E-state index contributed by atoms with van der Waals surface area (Å²) >= 11 is 0. The van der Waals surface area contributed by atoms with Crippen molar-refractivity contribution in [2.45, 2.75) is 6.92 Å². The fourth-order valence-electron chi connectivity index (χ4n) is 2.56. The number of anilines is 2. The van der Waals surface area contributed by atoms with E-state index in [1.54, 1.807) is 0 Å². The predicted octanol–water partition coefficient (Wildman–Crippen LogP) is 2.77. The highest BCUT2D eigenvalue weighted by Crippen LogP contribution is 2.32. The van der Waals surface area contributed by atoms with Crippen molar-refractivity contribution in [2.24, 2.45) is 0 Å². The lowest BCUT2D eigenvalue weighted by Gasteiger charge is -2.14. The lowest BCUT2D eigenvalue weighted by molar-refractivity contribution is -0.121. The molecule has 0 aliphatic carbocycles. The molecular weight excluding hydrogens is 346 g/mol. The molecule has 26 heavy (non-hydrogen) atoms. The fraction of sp³-hybridized carbons (Fsp3) is 0.0556. The largest absolute Gasteiger partial charge is 0.502 e. The van der Waals surface area contributed by atoms with Crippen molar-refractivity contribution in [1.82, 2.24) is 0 Å². The Morgan fingerprint density at radius 2 is 1.65 bits per heavy atom. The maximum atomic E-state index is 13.4. The molecule has 0 atom stereocenters. The molecule has 1 aliphatic heterocycles. The Bertz CT molecular complexity index is 968. The monoisotopic (exact) mass is 358 g/mol. The van der Waals surface area contributed by atoms with Gasteiger partial charge in [-0.05, 0) is 29.8 Å². The maximum Gasteiger partial charge on any atom is 0.301 e. The third-order valence-electron chi connectivity index (χ3n) is 3.71. The minimum absolute atomic E-state index is 0.199. The summed E-state index contributed by atoms with van der Waals surface area (Å²) in [5.74, 6) is -5.34. The molecule has 1 aliphatic rings. The molecule has 132 valence electrons. The van der Waals surface area contributed by atoms with Crippen LogP contribution in [0.25, 0.3) is 5.57 Å². The zero-order valence-electron chi connectivity index (χ0n) is 13.4. The number of halogens is 2. The van der Waals surface area contributed by atoms with Crippen molar-refractivity contribution >= 4 is 34.7 Å². The summed E-state index contributed by atoms with van der Waals surface area (Å²) in [6.45, 7) is 1.33. The summed E-state index contributed by atoms with van der Waals surface area (Å²) in [7, 11) is 0. The van der Waals surface area contributed by atoms with E-state index in [0.717, 1.165) is 12.1 Å². The molecule has 2 aromatic rings. The van der Waals surface area contributed by atoms with Crippen LogP contribution in [0.4, 0.5) is 20.2 Å². The van der Waals surface area contributed by atoms with Crippen LogP contribution in [-0.4, -0.2) is 22.8 Å². The van der Waals surface area contributed by atoms with Gasteiger partial charge in [0.05, 0.1) is 11.3 Å². The number of amides is 3. The van der Waals surface area contributed by atoms with Crippen LogP contribution in [-0.2, 0) is 14.4 Å². The molecule has 0 fully saturated rings.